The van der Waals surface area contributed by atoms with E-state index in [-0.39, 0.29) is 9.19 Å². The summed E-state index contributed by atoms with van der Waals surface area (Å²) in [5.41, 5.74) is 6.87. The molecule has 2 aliphatic carbocycles. The Morgan fingerprint density at radius 3 is 2.16 bits per heavy atom. The van der Waals surface area contributed by atoms with Gasteiger partial charge in [-0.15, -0.1) is 0 Å². The van der Waals surface area contributed by atoms with E-state index in [2.05, 4.69) is 56.0 Å². The standard InChI is InChI=1S/C15H8F3.C9H13.2CH3.H2Si.Zr/c16-10-7-13(15(18)14(17)8-10)12-6-5-9-3-1-2-4-11(9)12;1-6-5-7(2)9(4)8(6)3;;;;/h1-8H;6H,1-4H3;2*1H3;1H2;. The molecule has 0 saturated carbocycles. The molecule has 4 rings (SSSR count). The number of halogens is 3. The Bertz CT molecular complexity index is 1290. The fourth-order valence-corrected chi connectivity index (χ4v) is 24.5. The Hall–Kier alpha value is -1.45. The number of hydrogen-bond donors (Lipinski definition) is 0. The summed E-state index contributed by atoms with van der Waals surface area (Å²) in [5, 5.41) is 0. The first-order valence-corrected chi connectivity index (χ1v) is 24.2. The second-order valence-electron chi connectivity index (χ2n) is 10.3. The molecule has 2 aromatic carbocycles. The molecular weight excluding hydrogens is 489 g/mol. The Morgan fingerprint density at radius 2 is 1.55 bits per heavy atom. The fraction of sp³-hybridized carbons (Fsp3) is 0.308. The van der Waals surface area contributed by atoms with E-state index in [9.17, 15) is 13.2 Å². The van der Waals surface area contributed by atoms with Crippen LogP contribution in [0, 0.1) is 23.4 Å². The van der Waals surface area contributed by atoms with Gasteiger partial charge in [-0.2, -0.15) is 0 Å². The summed E-state index contributed by atoms with van der Waals surface area (Å²) in [5.74, 6) is -2.50. The third kappa shape index (κ3) is 3.35. The second kappa shape index (κ2) is 7.28. The molecule has 0 aromatic heterocycles. The molecule has 162 valence electrons. The third-order valence-electron chi connectivity index (χ3n) is 7.73. The van der Waals surface area contributed by atoms with Crippen molar-refractivity contribution in [3.05, 3.63) is 96.6 Å². The Labute approximate surface area is 185 Å². The molecule has 2 atom stereocenters. The van der Waals surface area contributed by atoms with Gasteiger partial charge in [-0.1, -0.05) is 0 Å². The number of allylic oxidation sites excluding steroid dienone is 5. The molecule has 2 aromatic rings. The zero-order valence-corrected chi connectivity index (χ0v) is 22.9. The van der Waals surface area contributed by atoms with Crippen LogP contribution in [0.25, 0.3) is 5.57 Å². The molecule has 0 aliphatic heterocycles. The summed E-state index contributed by atoms with van der Waals surface area (Å²) in [7, 11) is 0. The average Bonchev–Trinajstić information content (AvgIpc) is 3.17. The van der Waals surface area contributed by atoms with Crippen molar-refractivity contribution in [3.8, 4) is 0 Å². The normalized spacial score (nSPS) is 21.7. The predicted octanol–water partition coefficient (Wildman–Crippen LogP) is 7.18. The molecule has 0 spiro atoms. The SMILES string of the molecule is CC1=C(C)C(C)[C]([Zr]([CH3])([CH3])(=[SiH2])[CH]2C=C(c3cc(F)cc(F)c3F)c3ccccc32)=C1C. The van der Waals surface area contributed by atoms with Gasteiger partial charge in [0.15, 0.2) is 0 Å². The quantitative estimate of drug-likeness (QED) is 0.299. The van der Waals surface area contributed by atoms with E-state index < -0.39 is 34.9 Å². The van der Waals surface area contributed by atoms with Gasteiger partial charge in [0.1, 0.15) is 0 Å². The van der Waals surface area contributed by atoms with Crippen LogP contribution >= 0.6 is 0 Å². The molecule has 2 unspecified atom stereocenters. The summed E-state index contributed by atoms with van der Waals surface area (Å²) >= 11 is -3.66. The van der Waals surface area contributed by atoms with Crippen LogP contribution in [0.1, 0.15) is 48.0 Å². The molecule has 0 fully saturated rings. The van der Waals surface area contributed by atoms with Gasteiger partial charge >= 0.3 is 186 Å². The fourth-order valence-electron chi connectivity index (χ4n) is 5.97. The van der Waals surface area contributed by atoms with Gasteiger partial charge in [0.05, 0.1) is 0 Å². The van der Waals surface area contributed by atoms with E-state index in [0.29, 0.717) is 17.6 Å². The topological polar surface area (TPSA) is 0 Å². The van der Waals surface area contributed by atoms with E-state index in [4.69, 9.17) is 0 Å². The van der Waals surface area contributed by atoms with Crippen molar-refractivity contribution in [3.63, 3.8) is 0 Å². The third-order valence-corrected chi connectivity index (χ3v) is 25.0. The van der Waals surface area contributed by atoms with Gasteiger partial charge in [0, 0.05) is 0 Å². The zero-order valence-electron chi connectivity index (χ0n) is 19.0. The van der Waals surface area contributed by atoms with Crippen molar-refractivity contribution in [1.29, 1.82) is 0 Å². The maximum absolute atomic E-state index is 14.8. The van der Waals surface area contributed by atoms with E-state index in [1.165, 1.54) is 16.7 Å². The molecule has 0 heterocycles. The summed E-state index contributed by atoms with van der Waals surface area (Å²) < 4.78 is 49.6. The van der Waals surface area contributed by atoms with Crippen molar-refractivity contribution in [2.24, 2.45) is 5.92 Å². The number of benzene rings is 2. The van der Waals surface area contributed by atoms with Crippen LogP contribution in [0.2, 0.25) is 9.26 Å². The molecular formula is C26H29F3SiZr. The van der Waals surface area contributed by atoms with Gasteiger partial charge in [-0.25, -0.2) is 0 Å². The first-order valence-electron chi connectivity index (χ1n) is 10.8. The van der Waals surface area contributed by atoms with Crippen molar-refractivity contribution >= 4 is 12.5 Å². The van der Waals surface area contributed by atoms with Crippen LogP contribution in [0.15, 0.2) is 62.5 Å². The molecule has 0 bridgehead atoms. The molecule has 0 radical (unpaired) electrons. The van der Waals surface area contributed by atoms with Gasteiger partial charge in [-0.05, 0) is 0 Å². The van der Waals surface area contributed by atoms with Gasteiger partial charge < -0.3 is 0 Å². The van der Waals surface area contributed by atoms with Crippen molar-refractivity contribution < 1.29 is 30.6 Å². The van der Waals surface area contributed by atoms with E-state index in [0.717, 1.165) is 17.2 Å². The number of fused-ring (bicyclic) bond motifs is 1. The van der Waals surface area contributed by atoms with Crippen molar-refractivity contribution in [2.45, 2.75) is 40.6 Å². The summed E-state index contributed by atoms with van der Waals surface area (Å²) in [6, 6.07) is 9.70. The van der Waals surface area contributed by atoms with Crippen LogP contribution in [0.4, 0.5) is 13.2 Å². The summed E-state index contributed by atoms with van der Waals surface area (Å²) in [6.45, 7) is 11.1. The van der Waals surface area contributed by atoms with Gasteiger partial charge in [0.2, 0.25) is 0 Å². The zero-order chi connectivity index (χ0) is 22.9. The Balaban J connectivity index is 1.98. The minimum absolute atomic E-state index is 0.0112. The molecule has 0 saturated heterocycles. The predicted molar refractivity (Wildman–Crippen MR) is 123 cm³/mol. The summed E-state index contributed by atoms with van der Waals surface area (Å²) in [6.07, 6.45) is 2.11. The van der Waals surface area contributed by atoms with Gasteiger partial charge in [0.25, 0.3) is 0 Å². The van der Waals surface area contributed by atoms with Gasteiger partial charge in [-0.3, -0.25) is 0 Å². The second-order valence-corrected chi connectivity index (χ2v) is 39.8. The Kier molecular flexibility index (Phi) is 5.34. The average molecular weight is 518 g/mol. The van der Waals surface area contributed by atoms with E-state index in [1.54, 1.807) is 3.28 Å². The number of hydrogen-bond acceptors (Lipinski definition) is 0. The molecule has 5 heteroatoms. The Morgan fingerprint density at radius 1 is 0.903 bits per heavy atom. The molecule has 0 N–H and O–H groups in total. The molecule has 0 amide bonds. The minimum atomic E-state index is -3.66. The van der Waals surface area contributed by atoms with Crippen LogP contribution < -0.4 is 0 Å². The number of rotatable bonds is 3. The van der Waals surface area contributed by atoms with Crippen LogP contribution in [-0.4, -0.2) is 6.88 Å². The van der Waals surface area contributed by atoms with E-state index in [1.807, 2.05) is 18.2 Å². The monoisotopic (exact) mass is 516 g/mol. The van der Waals surface area contributed by atoms with Crippen LogP contribution in [-0.2, 0) is 17.4 Å². The van der Waals surface area contributed by atoms with Crippen molar-refractivity contribution in [1.82, 2.24) is 0 Å². The molecule has 31 heavy (non-hydrogen) atoms. The van der Waals surface area contributed by atoms with Crippen LogP contribution in [0.3, 0.4) is 0 Å². The summed E-state index contributed by atoms with van der Waals surface area (Å²) in [4.78, 5) is 0. The van der Waals surface area contributed by atoms with E-state index >= 15 is 0 Å². The molecule has 0 nitrogen and oxygen atoms in total. The molecule has 2 aliphatic rings. The first-order chi connectivity index (χ1) is 14.3. The van der Waals surface area contributed by atoms with Crippen molar-refractivity contribution in [2.75, 3.05) is 0 Å². The first kappa shape index (κ1) is 22.7. The van der Waals surface area contributed by atoms with Crippen LogP contribution in [0.5, 0.6) is 0 Å². The maximum atomic E-state index is 14.8.